The van der Waals surface area contributed by atoms with Crippen molar-refractivity contribution in [2.24, 2.45) is 0 Å². The van der Waals surface area contributed by atoms with Gasteiger partial charge in [-0.25, -0.2) is 9.59 Å². The second-order valence-corrected chi connectivity index (χ2v) is 4.62. The van der Waals surface area contributed by atoms with E-state index in [-0.39, 0.29) is 17.0 Å². The van der Waals surface area contributed by atoms with Crippen LogP contribution in [-0.4, -0.2) is 16.3 Å². The highest BCUT2D eigenvalue weighted by atomic mass is 16.4. The lowest BCUT2D eigenvalue weighted by atomic mass is 10.0. The molecule has 1 heterocycles. The Balaban J connectivity index is 2.30. The average Bonchev–Trinajstić information content (AvgIpc) is 2.49. The van der Waals surface area contributed by atoms with Gasteiger partial charge in [0.2, 0.25) is 0 Å². The minimum atomic E-state index is -1.35. The number of anilines is 1. The molecule has 1 aromatic heterocycles. The molecule has 1 amide bonds. The van der Waals surface area contributed by atoms with Crippen molar-refractivity contribution in [3.8, 4) is 16.9 Å². The van der Waals surface area contributed by atoms with Crippen LogP contribution in [0.1, 0.15) is 0 Å². The van der Waals surface area contributed by atoms with Gasteiger partial charge in [0.25, 0.3) is 0 Å². The molecule has 2 aromatic carbocycles. The van der Waals surface area contributed by atoms with Gasteiger partial charge < -0.3 is 14.6 Å². The number of fused-ring (bicyclic) bond motifs is 1. The first kappa shape index (κ1) is 13.7. The summed E-state index contributed by atoms with van der Waals surface area (Å²) in [6, 6.07) is 13.4. The van der Waals surface area contributed by atoms with Gasteiger partial charge in [-0.1, -0.05) is 30.3 Å². The highest BCUT2D eigenvalue weighted by Crippen LogP contribution is 2.36. The zero-order valence-electron chi connectivity index (χ0n) is 11.2. The van der Waals surface area contributed by atoms with Crippen LogP contribution < -0.4 is 10.9 Å². The topological polar surface area (TPSA) is 99.8 Å². The Morgan fingerprint density at radius 2 is 1.82 bits per heavy atom. The maximum atomic E-state index is 11.9. The molecule has 6 heteroatoms. The number of hydrogen-bond donors (Lipinski definition) is 3. The number of phenolic OH excluding ortho intramolecular Hbond substituents is 1. The quantitative estimate of drug-likeness (QED) is 0.630. The monoisotopic (exact) mass is 297 g/mol. The fraction of sp³-hybridized carbons (Fsp3) is 0. The Kier molecular flexibility index (Phi) is 3.27. The molecule has 0 fully saturated rings. The summed E-state index contributed by atoms with van der Waals surface area (Å²) in [5.74, 6) is -0.0270. The van der Waals surface area contributed by atoms with E-state index in [1.807, 2.05) is 11.4 Å². The van der Waals surface area contributed by atoms with Crippen molar-refractivity contribution >= 4 is 22.7 Å². The lowest BCUT2D eigenvalue weighted by Crippen LogP contribution is -2.15. The zero-order valence-corrected chi connectivity index (χ0v) is 11.2. The molecule has 0 aliphatic rings. The summed E-state index contributed by atoms with van der Waals surface area (Å²) in [6.07, 6.45) is -1.35. The average molecular weight is 297 g/mol. The van der Waals surface area contributed by atoms with Crippen molar-refractivity contribution in [3.63, 3.8) is 0 Å². The Hall–Kier alpha value is -3.28. The minimum absolute atomic E-state index is 0.0270. The van der Waals surface area contributed by atoms with Crippen LogP contribution in [0.5, 0.6) is 5.75 Å². The van der Waals surface area contributed by atoms with Crippen LogP contribution in [-0.2, 0) is 0 Å². The highest BCUT2D eigenvalue weighted by molar-refractivity contribution is 5.97. The van der Waals surface area contributed by atoms with Gasteiger partial charge in [0.15, 0.2) is 0 Å². The Labute approximate surface area is 124 Å². The van der Waals surface area contributed by atoms with E-state index in [0.29, 0.717) is 16.5 Å². The van der Waals surface area contributed by atoms with E-state index in [2.05, 4.69) is 0 Å². The van der Waals surface area contributed by atoms with E-state index in [4.69, 9.17) is 9.52 Å². The van der Waals surface area contributed by atoms with Crippen molar-refractivity contribution in [1.29, 1.82) is 0 Å². The van der Waals surface area contributed by atoms with E-state index < -0.39 is 11.7 Å². The van der Waals surface area contributed by atoms with Gasteiger partial charge in [0, 0.05) is 5.39 Å². The zero-order chi connectivity index (χ0) is 15.7. The molecule has 0 aliphatic carbocycles. The number of amides is 1. The third-order valence-electron chi connectivity index (χ3n) is 3.18. The first-order valence-electron chi connectivity index (χ1n) is 6.41. The molecule has 0 saturated heterocycles. The molecule has 22 heavy (non-hydrogen) atoms. The Bertz CT molecular complexity index is 915. The van der Waals surface area contributed by atoms with Crippen LogP contribution in [0.25, 0.3) is 22.1 Å². The molecule has 3 aromatic rings. The van der Waals surface area contributed by atoms with Crippen molar-refractivity contribution < 1.29 is 19.4 Å². The summed E-state index contributed by atoms with van der Waals surface area (Å²) >= 11 is 0. The molecule has 110 valence electrons. The molecule has 0 unspecified atom stereocenters. The fourth-order valence-electron chi connectivity index (χ4n) is 2.26. The molecule has 0 atom stereocenters. The molecule has 0 radical (unpaired) electrons. The molecular formula is C16H11NO5. The standard InChI is InChI=1S/C16H11NO5/c18-12-7-6-10-8-11(17-16(20)21)15(19)22-14(10)13(12)9-4-2-1-3-5-9/h1-8,17-18H,(H,20,21). The maximum absolute atomic E-state index is 11.9. The predicted molar refractivity (Wildman–Crippen MR) is 81.2 cm³/mol. The third-order valence-corrected chi connectivity index (χ3v) is 3.18. The number of rotatable bonds is 2. The van der Waals surface area contributed by atoms with Gasteiger partial charge in [0.05, 0.1) is 5.56 Å². The summed E-state index contributed by atoms with van der Waals surface area (Å²) in [6.45, 7) is 0. The van der Waals surface area contributed by atoms with E-state index in [1.54, 1.807) is 30.3 Å². The van der Waals surface area contributed by atoms with Crippen molar-refractivity contribution in [2.75, 3.05) is 5.32 Å². The summed E-state index contributed by atoms with van der Waals surface area (Å²) in [5.41, 5.74) is 0.277. The first-order valence-corrected chi connectivity index (χ1v) is 6.41. The minimum Gasteiger partial charge on any atom is -0.507 e. The van der Waals surface area contributed by atoms with Gasteiger partial charge >= 0.3 is 11.7 Å². The van der Waals surface area contributed by atoms with Gasteiger partial charge in [-0.3, -0.25) is 5.32 Å². The number of benzene rings is 2. The number of hydrogen-bond acceptors (Lipinski definition) is 4. The summed E-state index contributed by atoms with van der Waals surface area (Å²) in [5, 5.41) is 21.3. The summed E-state index contributed by atoms with van der Waals surface area (Å²) in [4.78, 5) is 22.6. The van der Waals surface area contributed by atoms with Crippen LogP contribution in [0.2, 0.25) is 0 Å². The first-order chi connectivity index (χ1) is 10.6. The van der Waals surface area contributed by atoms with E-state index >= 15 is 0 Å². The second-order valence-electron chi connectivity index (χ2n) is 4.62. The normalized spacial score (nSPS) is 10.5. The number of phenols is 1. The molecule has 3 N–H and O–H groups in total. The van der Waals surface area contributed by atoms with Crippen LogP contribution in [0.15, 0.2) is 57.7 Å². The van der Waals surface area contributed by atoms with Crippen LogP contribution in [0.4, 0.5) is 10.5 Å². The third kappa shape index (κ3) is 2.37. The van der Waals surface area contributed by atoms with E-state index in [0.717, 1.165) is 0 Å². The molecule has 0 saturated carbocycles. The fourth-order valence-corrected chi connectivity index (χ4v) is 2.26. The van der Waals surface area contributed by atoms with Crippen LogP contribution >= 0.6 is 0 Å². The maximum Gasteiger partial charge on any atom is 0.409 e. The lowest BCUT2D eigenvalue weighted by molar-refractivity contribution is 0.209. The smallest absolute Gasteiger partial charge is 0.409 e. The number of nitrogens with one attached hydrogen (secondary N) is 1. The van der Waals surface area contributed by atoms with Crippen molar-refractivity contribution in [2.45, 2.75) is 0 Å². The molecule has 3 rings (SSSR count). The SMILES string of the molecule is O=C(O)Nc1cc2ccc(O)c(-c3ccccc3)c2oc1=O. The number of carbonyl (C=O) groups is 1. The van der Waals surface area contributed by atoms with Gasteiger partial charge in [-0.2, -0.15) is 0 Å². The van der Waals surface area contributed by atoms with Crippen LogP contribution in [0.3, 0.4) is 0 Å². The molecular weight excluding hydrogens is 286 g/mol. The molecule has 0 spiro atoms. The van der Waals surface area contributed by atoms with E-state index in [9.17, 15) is 14.7 Å². The van der Waals surface area contributed by atoms with Crippen molar-refractivity contribution in [3.05, 3.63) is 59.0 Å². The summed E-state index contributed by atoms with van der Waals surface area (Å²) in [7, 11) is 0. The van der Waals surface area contributed by atoms with Crippen molar-refractivity contribution in [1.82, 2.24) is 0 Å². The molecule has 0 aliphatic heterocycles. The largest absolute Gasteiger partial charge is 0.507 e. The highest BCUT2D eigenvalue weighted by Gasteiger charge is 2.15. The predicted octanol–water partition coefficient (Wildman–Crippen LogP) is 3.26. The second kappa shape index (κ2) is 5.25. The Morgan fingerprint density at radius 1 is 1.09 bits per heavy atom. The van der Waals surface area contributed by atoms with E-state index in [1.165, 1.54) is 12.1 Å². The van der Waals surface area contributed by atoms with Crippen LogP contribution in [0, 0.1) is 0 Å². The van der Waals surface area contributed by atoms with Gasteiger partial charge in [-0.15, -0.1) is 0 Å². The Morgan fingerprint density at radius 3 is 2.50 bits per heavy atom. The van der Waals surface area contributed by atoms with Gasteiger partial charge in [0.1, 0.15) is 17.0 Å². The molecule has 6 nitrogen and oxygen atoms in total. The summed E-state index contributed by atoms with van der Waals surface area (Å²) < 4.78 is 5.22. The number of carboxylic acid groups (broad SMARTS) is 1. The van der Waals surface area contributed by atoms with Gasteiger partial charge in [-0.05, 0) is 23.8 Å². The molecule has 0 bridgehead atoms. The number of aromatic hydroxyl groups is 1. The lowest BCUT2D eigenvalue weighted by Gasteiger charge is -2.09.